The lowest BCUT2D eigenvalue weighted by molar-refractivity contribution is -0.114. The number of fused-ring (bicyclic) bond motifs is 1. The molecule has 0 aromatic heterocycles. The molecule has 0 radical (unpaired) electrons. The van der Waals surface area contributed by atoms with E-state index in [-0.39, 0.29) is 23.7 Å². The van der Waals surface area contributed by atoms with Gasteiger partial charge in [-0.05, 0) is 25.1 Å². The van der Waals surface area contributed by atoms with Crippen LogP contribution in [0.2, 0.25) is 0 Å². The standard InChI is InChI=1S/C20H26N6O4S/c1-13-17(26-20(31-13)25(3)12-22-26)8-9-23-30-11-14-10-15(28-4)6-7-16(14)18(24-29-5)19(27)21-2/h6-7,9-10,12,20H,8,11H2,1-5H3,(H,21,27)/b23-9?,24-18+. The van der Waals surface area contributed by atoms with Gasteiger partial charge in [0.15, 0.2) is 11.2 Å². The Morgan fingerprint density at radius 2 is 2.19 bits per heavy atom. The minimum absolute atomic E-state index is 0.128. The van der Waals surface area contributed by atoms with Gasteiger partial charge in [0.2, 0.25) is 0 Å². The quantitative estimate of drug-likeness (QED) is 0.458. The van der Waals surface area contributed by atoms with Gasteiger partial charge in [0.05, 0.1) is 12.8 Å². The minimum atomic E-state index is -0.372. The number of likely N-dealkylation sites (N-methyl/N-ethyl adjacent to an activating group) is 1. The molecule has 0 spiro atoms. The largest absolute Gasteiger partial charge is 0.497 e. The molecule has 0 saturated heterocycles. The summed E-state index contributed by atoms with van der Waals surface area (Å²) in [7, 11) is 6.49. The van der Waals surface area contributed by atoms with Crippen LogP contribution < -0.4 is 10.1 Å². The Kier molecular flexibility index (Phi) is 7.40. The maximum Gasteiger partial charge on any atom is 0.273 e. The molecule has 1 atom stereocenters. The van der Waals surface area contributed by atoms with E-state index < -0.39 is 0 Å². The van der Waals surface area contributed by atoms with Crippen molar-refractivity contribution < 1.29 is 19.2 Å². The van der Waals surface area contributed by atoms with E-state index in [1.54, 1.807) is 43.3 Å². The van der Waals surface area contributed by atoms with Gasteiger partial charge < -0.3 is 24.6 Å². The minimum Gasteiger partial charge on any atom is -0.497 e. The first-order valence-electron chi connectivity index (χ1n) is 9.56. The van der Waals surface area contributed by atoms with Crippen molar-refractivity contribution in [2.45, 2.75) is 25.4 Å². The molecule has 31 heavy (non-hydrogen) atoms. The Bertz CT molecular complexity index is 946. The Labute approximate surface area is 185 Å². The maximum absolute atomic E-state index is 12.2. The zero-order chi connectivity index (χ0) is 22.4. The number of oxime groups is 2. The van der Waals surface area contributed by atoms with E-state index in [2.05, 4.69) is 32.6 Å². The van der Waals surface area contributed by atoms with Crippen LogP contribution in [0.3, 0.4) is 0 Å². The summed E-state index contributed by atoms with van der Waals surface area (Å²) in [5.41, 5.74) is 2.67. The summed E-state index contributed by atoms with van der Waals surface area (Å²) in [5, 5.41) is 16.9. The van der Waals surface area contributed by atoms with Gasteiger partial charge >= 0.3 is 0 Å². The highest BCUT2D eigenvalue weighted by Crippen LogP contribution is 2.41. The number of methoxy groups -OCH3 is 1. The molecule has 1 aromatic carbocycles. The van der Waals surface area contributed by atoms with Crippen LogP contribution in [-0.2, 0) is 21.1 Å². The van der Waals surface area contributed by atoms with Crippen molar-refractivity contribution in [1.29, 1.82) is 0 Å². The molecule has 166 valence electrons. The lowest BCUT2D eigenvalue weighted by Crippen LogP contribution is -2.30. The molecule has 1 amide bonds. The number of hydrogen-bond donors (Lipinski definition) is 1. The Morgan fingerprint density at radius 1 is 1.39 bits per heavy atom. The van der Waals surface area contributed by atoms with E-state index in [0.29, 0.717) is 23.3 Å². The van der Waals surface area contributed by atoms with Crippen LogP contribution in [0.4, 0.5) is 0 Å². The predicted molar refractivity (Wildman–Crippen MR) is 121 cm³/mol. The molecular weight excluding hydrogens is 420 g/mol. The van der Waals surface area contributed by atoms with E-state index in [1.165, 1.54) is 19.1 Å². The topological polar surface area (TPSA) is 100 Å². The molecule has 0 saturated carbocycles. The van der Waals surface area contributed by atoms with Crippen molar-refractivity contribution in [1.82, 2.24) is 15.2 Å². The summed E-state index contributed by atoms with van der Waals surface area (Å²) in [4.78, 5) is 25.9. The Morgan fingerprint density at radius 3 is 2.90 bits per heavy atom. The molecule has 0 fully saturated rings. The highest BCUT2D eigenvalue weighted by molar-refractivity contribution is 8.03. The summed E-state index contributed by atoms with van der Waals surface area (Å²) in [6.07, 6.45) is 4.12. The number of allylic oxidation sites excluding steroid dienone is 2. The molecular formula is C20H26N6O4S. The first kappa shape index (κ1) is 22.5. The van der Waals surface area contributed by atoms with Crippen LogP contribution >= 0.6 is 11.8 Å². The number of rotatable bonds is 9. The summed E-state index contributed by atoms with van der Waals surface area (Å²) in [6, 6.07) is 5.26. The zero-order valence-corrected chi connectivity index (χ0v) is 19.0. The highest BCUT2D eigenvalue weighted by atomic mass is 32.2. The van der Waals surface area contributed by atoms with Crippen LogP contribution in [0.5, 0.6) is 5.75 Å². The average Bonchev–Trinajstić information content (AvgIpc) is 3.29. The third-order valence-electron chi connectivity index (χ3n) is 4.73. The van der Waals surface area contributed by atoms with Crippen LogP contribution in [0.15, 0.2) is 44.2 Å². The second-order valence-electron chi connectivity index (χ2n) is 6.68. The number of benzene rings is 1. The smallest absolute Gasteiger partial charge is 0.273 e. The van der Waals surface area contributed by atoms with Crippen molar-refractivity contribution in [2.75, 3.05) is 28.3 Å². The lowest BCUT2D eigenvalue weighted by Gasteiger charge is -2.21. The highest BCUT2D eigenvalue weighted by Gasteiger charge is 2.35. The fraction of sp³-hybridized carbons (Fsp3) is 0.400. The van der Waals surface area contributed by atoms with E-state index in [1.807, 2.05) is 18.4 Å². The van der Waals surface area contributed by atoms with E-state index in [0.717, 1.165) is 5.70 Å². The SMILES string of the molecule is CNC(=O)/C(=N/OC)c1ccc(OC)cc1CON=CCC1=C(C)SC2N(C)C=NN12. The summed E-state index contributed by atoms with van der Waals surface area (Å²) >= 11 is 1.76. The third kappa shape index (κ3) is 4.93. The number of amides is 1. The van der Waals surface area contributed by atoms with Crippen molar-refractivity contribution in [3.8, 4) is 5.75 Å². The molecule has 1 aromatic rings. The van der Waals surface area contributed by atoms with Crippen molar-refractivity contribution in [3.63, 3.8) is 0 Å². The fourth-order valence-corrected chi connectivity index (χ4v) is 4.27. The normalized spacial score (nSPS) is 18.1. The summed E-state index contributed by atoms with van der Waals surface area (Å²) < 4.78 is 5.29. The molecule has 2 aliphatic heterocycles. The van der Waals surface area contributed by atoms with Crippen LogP contribution in [0.1, 0.15) is 24.5 Å². The third-order valence-corrected chi connectivity index (χ3v) is 6.06. The van der Waals surface area contributed by atoms with Gasteiger partial charge in [-0.15, -0.1) is 0 Å². The average molecular weight is 447 g/mol. The van der Waals surface area contributed by atoms with E-state index in [4.69, 9.17) is 14.4 Å². The lowest BCUT2D eigenvalue weighted by atomic mass is 10.0. The fourth-order valence-electron chi connectivity index (χ4n) is 3.14. The summed E-state index contributed by atoms with van der Waals surface area (Å²) in [6.45, 7) is 2.21. The molecule has 2 aliphatic rings. The van der Waals surface area contributed by atoms with E-state index in [9.17, 15) is 4.79 Å². The molecule has 0 bridgehead atoms. The van der Waals surface area contributed by atoms with Gasteiger partial charge in [0.1, 0.15) is 25.8 Å². The molecule has 1 N–H and O–H groups in total. The number of nitrogens with zero attached hydrogens (tertiary/aromatic N) is 5. The van der Waals surface area contributed by atoms with Crippen molar-refractivity contribution in [2.24, 2.45) is 15.4 Å². The number of ether oxygens (including phenoxy) is 1. The van der Waals surface area contributed by atoms with Gasteiger partial charge in [0, 0.05) is 42.8 Å². The van der Waals surface area contributed by atoms with Crippen LogP contribution in [0.25, 0.3) is 0 Å². The van der Waals surface area contributed by atoms with E-state index >= 15 is 0 Å². The Hall–Kier alpha value is -3.21. The molecule has 11 heteroatoms. The van der Waals surface area contributed by atoms with Gasteiger partial charge in [-0.1, -0.05) is 22.1 Å². The maximum atomic E-state index is 12.2. The number of hydrogen-bond acceptors (Lipinski definition) is 10. The van der Waals surface area contributed by atoms with Gasteiger partial charge in [0.25, 0.3) is 5.91 Å². The zero-order valence-electron chi connectivity index (χ0n) is 18.2. The monoisotopic (exact) mass is 446 g/mol. The number of carbonyl (C=O) groups excluding carboxylic acids is 1. The first-order chi connectivity index (χ1) is 15.0. The first-order valence-corrected chi connectivity index (χ1v) is 10.4. The number of thioether (sulfide) groups is 1. The van der Waals surface area contributed by atoms with Gasteiger partial charge in [-0.25, -0.2) is 5.01 Å². The van der Waals surface area contributed by atoms with Crippen LogP contribution in [0, 0.1) is 0 Å². The molecule has 3 rings (SSSR count). The van der Waals surface area contributed by atoms with Crippen LogP contribution in [-0.4, -0.2) is 67.9 Å². The van der Waals surface area contributed by atoms with Gasteiger partial charge in [-0.3, -0.25) is 4.79 Å². The molecule has 0 aliphatic carbocycles. The Balaban J connectivity index is 1.68. The number of nitrogens with one attached hydrogen (secondary N) is 1. The number of hydrazone groups is 1. The summed E-state index contributed by atoms with van der Waals surface area (Å²) in [5.74, 6) is 0.259. The molecule has 2 heterocycles. The molecule has 10 nitrogen and oxygen atoms in total. The predicted octanol–water partition coefficient (Wildman–Crippen LogP) is 2.14. The van der Waals surface area contributed by atoms with Gasteiger partial charge in [-0.2, -0.15) is 5.10 Å². The van der Waals surface area contributed by atoms with Crippen molar-refractivity contribution in [3.05, 3.63) is 39.9 Å². The second-order valence-corrected chi connectivity index (χ2v) is 7.95. The molecule has 1 unspecified atom stereocenters. The second kappa shape index (κ2) is 10.2. The number of carbonyl (C=O) groups is 1. The van der Waals surface area contributed by atoms with Crippen molar-refractivity contribution >= 4 is 35.9 Å².